The minimum absolute atomic E-state index is 0.0139. The van der Waals surface area contributed by atoms with Gasteiger partial charge >= 0.3 is 0 Å². The fraction of sp³-hybridized carbons (Fsp3) is 0.333. The van der Waals surface area contributed by atoms with E-state index in [2.05, 4.69) is 19.9 Å². The maximum absolute atomic E-state index is 12.3. The predicted molar refractivity (Wildman–Crippen MR) is 126 cm³/mol. The molecule has 11 heteroatoms. The number of nitrogen functional groups attached to an aromatic ring is 2. The third-order valence-electron chi connectivity index (χ3n) is 6.47. The molecule has 0 radical (unpaired) electrons. The molecule has 1 atom stereocenters. The third kappa shape index (κ3) is 3.39. The largest absolute Gasteiger partial charge is 0.382 e. The lowest BCUT2D eigenvalue weighted by molar-refractivity contribution is 0.291. The van der Waals surface area contributed by atoms with E-state index >= 15 is 0 Å². The molecule has 6 N–H and O–H groups in total. The van der Waals surface area contributed by atoms with Crippen molar-refractivity contribution in [3.05, 3.63) is 57.7 Å². The summed E-state index contributed by atoms with van der Waals surface area (Å²) in [5.41, 5.74) is 19.4. The zero-order valence-electron chi connectivity index (χ0n) is 17.2. The molecule has 0 aliphatic carbocycles. The number of pyridine rings is 2. The van der Waals surface area contributed by atoms with E-state index in [0.29, 0.717) is 22.4 Å². The average Bonchev–Trinajstić information content (AvgIpc) is 3.06. The molecule has 0 unspecified atom stereocenters. The Hall–Kier alpha value is -2.82. The fourth-order valence-electron chi connectivity index (χ4n) is 4.70. The first kappa shape index (κ1) is 21.0. The van der Waals surface area contributed by atoms with E-state index in [4.69, 9.17) is 28.8 Å². The molecular weight excluding hydrogens is 448 g/mol. The Labute approximate surface area is 194 Å². The van der Waals surface area contributed by atoms with Crippen LogP contribution in [-0.4, -0.2) is 38.7 Å². The van der Waals surface area contributed by atoms with Crippen LogP contribution in [0.1, 0.15) is 18.5 Å². The van der Waals surface area contributed by atoms with Gasteiger partial charge in [-0.15, -0.1) is 0 Å². The van der Waals surface area contributed by atoms with Crippen LogP contribution in [0.5, 0.6) is 0 Å². The molecular formula is C21H23ClN8OS. The molecule has 32 heavy (non-hydrogen) atoms. The molecule has 0 amide bonds. The molecule has 0 aromatic carbocycles. The first-order valence-electron chi connectivity index (χ1n) is 10.3. The summed E-state index contributed by atoms with van der Waals surface area (Å²) in [6.07, 6.45) is 4.98. The minimum Gasteiger partial charge on any atom is -0.382 e. The zero-order chi connectivity index (χ0) is 22.5. The van der Waals surface area contributed by atoms with Crippen LogP contribution >= 0.6 is 23.4 Å². The molecule has 3 aromatic heterocycles. The predicted octanol–water partition coefficient (Wildman–Crippen LogP) is 1.88. The fourth-order valence-corrected chi connectivity index (χ4v) is 5.72. The molecule has 1 spiro atoms. The molecule has 3 aromatic rings. The summed E-state index contributed by atoms with van der Waals surface area (Å²) in [6.45, 7) is 2.07. The van der Waals surface area contributed by atoms with Crippen molar-refractivity contribution in [2.24, 2.45) is 5.73 Å². The lowest BCUT2D eigenvalue weighted by Gasteiger charge is -2.42. The summed E-state index contributed by atoms with van der Waals surface area (Å²) in [5, 5.41) is 0.928. The van der Waals surface area contributed by atoms with Crippen LogP contribution in [0.3, 0.4) is 0 Å². The number of piperidine rings is 1. The van der Waals surface area contributed by atoms with Crippen LogP contribution in [0.15, 0.2) is 51.4 Å². The second-order valence-corrected chi connectivity index (χ2v) is 9.55. The van der Waals surface area contributed by atoms with Gasteiger partial charge in [-0.25, -0.2) is 15.0 Å². The molecule has 166 valence electrons. The number of hydrogen-bond acceptors (Lipinski definition) is 9. The average molecular weight is 471 g/mol. The van der Waals surface area contributed by atoms with Crippen molar-refractivity contribution in [1.29, 1.82) is 0 Å². The van der Waals surface area contributed by atoms with Crippen LogP contribution in [0.25, 0.3) is 0 Å². The Balaban J connectivity index is 1.34. The normalized spacial score (nSPS) is 19.3. The SMILES string of the molecule is Nc1nc(N2CCC3(CC2)c2cccc(=O)n2C[C@H]3N)cnc1Sc1ccnc(N)c1Cl. The topological polar surface area (TPSA) is 142 Å². The van der Waals surface area contributed by atoms with E-state index in [0.717, 1.165) is 42.3 Å². The van der Waals surface area contributed by atoms with E-state index in [1.54, 1.807) is 24.5 Å². The summed E-state index contributed by atoms with van der Waals surface area (Å²) in [6, 6.07) is 7.13. The molecule has 2 aliphatic rings. The van der Waals surface area contributed by atoms with Gasteiger partial charge in [0.15, 0.2) is 5.82 Å². The highest BCUT2D eigenvalue weighted by Crippen LogP contribution is 2.43. The van der Waals surface area contributed by atoms with Crippen LogP contribution in [0.2, 0.25) is 5.02 Å². The monoisotopic (exact) mass is 470 g/mol. The maximum atomic E-state index is 12.3. The second kappa shape index (κ2) is 7.95. The van der Waals surface area contributed by atoms with Crippen molar-refractivity contribution in [1.82, 2.24) is 19.5 Å². The van der Waals surface area contributed by atoms with Crippen molar-refractivity contribution in [3.8, 4) is 0 Å². The highest BCUT2D eigenvalue weighted by molar-refractivity contribution is 7.99. The molecule has 1 saturated heterocycles. The number of aromatic nitrogens is 4. The first-order valence-corrected chi connectivity index (χ1v) is 11.5. The minimum atomic E-state index is -0.191. The van der Waals surface area contributed by atoms with Crippen molar-refractivity contribution >= 4 is 40.8 Å². The van der Waals surface area contributed by atoms with Crippen molar-refractivity contribution in [3.63, 3.8) is 0 Å². The second-order valence-electron chi connectivity index (χ2n) is 8.14. The van der Waals surface area contributed by atoms with E-state index in [1.165, 1.54) is 11.8 Å². The van der Waals surface area contributed by atoms with Gasteiger partial charge in [0.2, 0.25) is 0 Å². The van der Waals surface area contributed by atoms with Crippen LogP contribution in [0.4, 0.5) is 17.5 Å². The molecule has 5 rings (SSSR count). The van der Waals surface area contributed by atoms with Crippen LogP contribution in [0, 0.1) is 0 Å². The van der Waals surface area contributed by atoms with Crippen LogP contribution in [-0.2, 0) is 12.0 Å². The Morgan fingerprint density at radius 2 is 1.91 bits per heavy atom. The number of fused-ring (bicyclic) bond motifs is 2. The van der Waals surface area contributed by atoms with Gasteiger partial charge in [-0.3, -0.25) is 4.79 Å². The number of anilines is 3. The highest BCUT2D eigenvalue weighted by atomic mass is 35.5. The number of hydrogen-bond donors (Lipinski definition) is 3. The number of nitrogens with zero attached hydrogens (tertiary/aromatic N) is 5. The standard InChI is InChI=1S/C21H23ClN8OS/c22-17-12(4-7-26-18(17)24)32-20-19(25)28-15(10-27-20)29-8-5-21(6-9-29)13(23)11-30-14(21)2-1-3-16(30)31/h1-4,7,10,13H,5-6,8-9,11,23H2,(H2,24,26)(H2,25,28)/t13-/m1/s1. The maximum Gasteiger partial charge on any atom is 0.250 e. The molecule has 2 aliphatic heterocycles. The van der Waals surface area contributed by atoms with E-state index < -0.39 is 0 Å². The smallest absolute Gasteiger partial charge is 0.250 e. The van der Waals surface area contributed by atoms with E-state index in [9.17, 15) is 4.79 Å². The Morgan fingerprint density at radius 1 is 1.12 bits per heavy atom. The number of nitrogens with two attached hydrogens (primary N) is 3. The molecule has 0 saturated carbocycles. The lowest BCUT2D eigenvalue weighted by atomic mass is 9.72. The van der Waals surface area contributed by atoms with Gasteiger partial charge in [-0.05, 0) is 25.0 Å². The Kier molecular flexibility index (Phi) is 5.23. The molecule has 0 bridgehead atoms. The lowest BCUT2D eigenvalue weighted by Crippen LogP contribution is -2.50. The summed E-state index contributed by atoms with van der Waals surface area (Å²) in [5.74, 6) is 1.31. The first-order chi connectivity index (χ1) is 15.4. The van der Waals surface area contributed by atoms with E-state index in [-0.39, 0.29) is 22.8 Å². The van der Waals surface area contributed by atoms with Crippen LogP contribution < -0.4 is 27.7 Å². The highest BCUT2D eigenvalue weighted by Gasteiger charge is 2.47. The van der Waals surface area contributed by atoms with Gasteiger partial charge in [0.1, 0.15) is 16.7 Å². The van der Waals surface area contributed by atoms with Gasteiger partial charge in [0, 0.05) is 53.9 Å². The number of rotatable bonds is 3. The van der Waals surface area contributed by atoms with Gasteiger partial charge in [-0.2, -0.15) is 0 Å². The molecule has 1 fully saturated rings. The summed E-state index contributed by atoms with van der Waals surface area (Å²) in [4.78, 5) is 28.2. The zero-order valence-corrected chi connectivity index (χ0v) is 18.8. The van der Waals surface area contributed by atoms with Crippen molar-refractivity contribution in [2.45, 2.75) is 40.8 Å². The summed E-state index contributed by atoms with van der Waals surface area (Å²) >= 11 is 7.53. The third-order valence-corrected chi connectivity index (χ3v) is 8.04. The van der Waals surface area contributed by atoms with E-state index in [1.807, 2.05) is 16.7 Å². The Morgan fingerprint density at radius 3 is 2.66 bits per heavy atom. The molecule has 5 heterocycles. The van der Waals surface area contributed by atoms with Crippen molar-refractivity contribution in [2.75, 3.05) is 29.5 Å². The summed E-state index contributed by atoms with van der Waals surface area (Å²) in [7, 11) is 0. The number of halogens is 1. The van der Waals surface area contributed by atoms with Crippen molar-refractivity contribution < 1.29 is 0 Å². The molecule has 9 nitrogen and oxygen atoms in total. The van der Waals surface area contributed by atoms with Gasteiger partial charge in [0.25, 0.3) is 5.56 Å². The van der Waals surface area contributed by atoms with Gasteiger partial charge in [0.05, 0.1) is 11.2 Å². The Bertz CT molecular complexity index is 1240. The summed E-state index contributed by atoms with van der Waals surface area (Å²) < 4.78 is 1.82. The van der Waals surface area contributed by atoms with Gasteiger partial charge in [-0.1, -0.05) is 29.4 Å². The van der Waals surface area contributed by atoms with Gasteiger partial charge < -0.3 is 26.7 Å². The quantitative estimate of drug-likeness (QED) is 0.522.